The summed E-state index contributed by atoms with van der Waals surface area (Å²) in [5, 5.41) is 11.3. The first-order valence-electron chi connectivity index (χ1n) is 7.63. The molecule has 1 N–H and O–H groups in total. The van der Waals surface area contributed by atoms with Gasteiger partial charge in [0.15, 0.2) is 0 Å². The highest BCUT2D eigenvalue weighted by atomic mass is 35.5. The fourth-order valence-corrected chi connectivity index (χ4v) is 4.53. The number of hydrogen-bond donors (Lipinski definition) is 1. The molecule has 0 amide bonds. The van der Waals surface area contributed by atoms with Gasteiger partial charge in [0.25, 0.3) is 0 Å². The number of aliphatic hydroxyl groups is 1. The second kappa shape index (κ2) is 6.55. The molecule has 4 nitrogen and oxygen atoms in total. The standard InChI is InChI=1S/C17H24ClNO3S/c1-5-12-10-19(23(21,22)17(2,3)4)11-15(12)16(20)13-6-8-14(18)9-7-13/h5-9,12,15-16,20H,1,10-11H2,2-4H3. The summed E-state index contributed by atoms with van der Waals surface area (Å²) in [6.45, 7) is 9.53. The average Bonchev–Trinajstić information content (AvgIpc) is 2.91. The van der Waals surface area contributed by atoms with Gasteiger partial charge in [-0.1, -0.05) is 29.8 Å². The van der Waals surface area contributed by atoms with Gasteiger partial charge >= 0.3 is 0 Å². The minimum Gasteiger partial charge on any atom is -0.388 e. The summed E-state index contributed by atoms with van der Waals surface area (Å²) in [6, 6.07) is 6.99. The molecule has 0 aliphatic carbocycles. The minimum atomic E-state index is -3.42. The number of aliphatic hydroxyl groups excluding tert-OH is 1. The number of rotatable bonds is 4. The number of halogens is 1. The maximum absolute atomic E-state index is 12.7. The van der Waals surface area contributed by atoms with E-state index in [1.807, 2.05) is 0 Å². The topological polar surface area (TPSA) is 57.6 Å². The highest BCUT2D eigenvalue weighted by Crippen LogP contribution is 2.38. The van der Waals surface area contributed by atoms with E-state index < -0.39 is 20.9 Å². The molecule has 0 radical (unpaired) electrons. The zero-order valence-electron chi connectivity index (χ0n) is 13.7. The van der Waals surface area contributed by atoms with Crippen LogP contribution in [0.5, 0.6) is 0 Å². The van der Waals surface area contributed by atoms with E-state index in [2.05, 4.69) is 6.58 Å². The van der Waals surface area contributed by atoms with Crippen LogP contribution in [0, 0.1) is 11.8 Å². The third kappa shape index (κ3) is 3.63. The Bertz CT molecular complexity index is 664. The molecule has 1 saturated heterocycles. The van der Waals surface area contributed by atoms with Gasteiger partial charge in [-0.2, -0.15) is 0 Å². The predicted molar refractivity (Wildman–Crippen MR) is 93.8 cm³/mol. The van der Waals surface area contributed by atoms with Crippen LogP contribution < -0.4 is 0 Å². The van der Waals surface area contributed by atoms with Crippen LogP contribution in [0.4, 0.5) is 0 Å². The van der Waals surface area contributed by atoms with Crippen molar-refractivity contribution < 1.29 is 13.5 Å². The molecule has 23 heavy (non-hydrogen) atoms. The van der Waals surface area contributed by atoms with E-state index in [9.17, 15) is 13.5 Å². The molecule has 3 unspecified atom stereocenters. The Kier molecular flexibility index (Phi) is 5.26. The molecule has 1 aromatic carbocycles. The van der Waals surface area contributed by atoms with Gasteiger partial charge in [0.2, 0.25) is 10.0 Å². The number of sulfonamides is 1. The van der Waals surface area contributed by atoms with E-state index in [1.54, 1.807) is 51.1 Å². The Balaban J connectivity index is 2.26. The molecule has 0 saturated carbocycles. The van der Waals surface area contributed by atoms with Crippen molar-refractivity contribution in [3.05, 3.63) is 47.5 Å². The molecule has 1 heterocycles. The normalized spacial score (nSPS) is 24.6. The lowest BCUT2D eigenvalue weighted by Gasteiger charge is -2.27. The summed E-state index contributed by atoms with van der Waals surface area (Å²) < 4.78 is 25.9. The second-order valence-corrected chi connectivity index (χ2v) is 10.1. The second-order valence-electron chi connectivity index (χ2n) is 6.99. The van der Waals surface area contributed by atoms with Crippen molar-refractivity contribution in [2.24, 2.45) is 11.8 Å². The van der Waals surface area contributed by atoms with Crippen LogP contribution in [0.25, 0.3) is 0 Å². The zero-order chi connectivity index (χ0) is 17.4. The van der Waals surface area contributed by atoms with Crippen molar-refractivity contribution >= 4 is 21.6 Å². The van der Waals surface area contributed by atoms with Crippen LogP contribution in [-0.2, 0) is 10.0 Å². The van der Waals surface area contributed by atoms with Crippen molar-refractivity contribution in [1.29, 1.82) is 0 Å². The lowest BCUT2D eigenvalue weighted by Crippen LogP contribution is -2.42. The summed E-state index contributed by atoms with van der Waals surface area (Å²) in [7, 11) is -3.42. The number of benzene rings is 1. The van der Waals surface area contributed by atoms with Gasteiger partial charge < -0.3 is 5.11 Å². The van der Waals surface area contributed by atoms with E-state index in [0.717, 1.165) is 5.56 Å². The molecule has 1 aromatic rings. The lowest BCUT2D eigenvalue weighted by atomic mass is 9.87. The highest BCUT2D eigenvalue weighted by molar-refractivity contribution is 7.90. The monoisotopic (exact) mass is 357 g/mol. The molecule has 1 aliphatic heterocycles. The van der Waals surface area contributed by atoms with E-state index >= 15 is 0 Å². The van der Waals surface area contributed by atoms with Crippen molar-refractivity contribution in [3.8, 4) is 0 Å². The first-order chi connectivity index (χ1) is 10.6. The van der Waals surface area contributed by atoms with Crippen molar-refractivity contribution in [3.63, 3.8) is 0 Å². The van der Waals surface area contributed by atoms with E-state index in [1.165, 1.54) is 4.31 Å². The Morgan fingerprint density at radius 2 is 1.87 bits per heavy atom. The van der Waals surface area contributed by atoms with Gasteiger partial charge in [-0.15, -0.1) is 6.58 Å². The maximum Gasteiger partial charge on any atom is 0.219 e. The van der Waals surface area contributed by atoms with Crippen LogP contribution in [0.3, 0.4) is 0 Å². The van der Waals surface area contributed by atoms with Gasteiger partial charge in [0.1, 0.15) is 0 Å². The van der Waals surface area contributed by atoms with Gasteiger partial charge in [-0.3, -0.25) is 0 Å². The van der Waals surface area contributed by atoms with Gasteiger partial charge in [0, 0.05) is 24.0 Å². The number of nitrogens with zero attached hydrogens (tertiary/aromatic N) is 1. The molecule has 0 aromatic heterocycles. The summed E-state index contributed by atoms with van der Waals surface area (Å²) in [4.78, 5) is 0. The Morgan fingerprint density at radius 3 is 2.35 bits per heavy atom. The maximum atomic E-state index is 12.7. The zero-order valence-corrected chi connectivity index (χ0v) is 15.3. The first kappa shape index (κ1) is 18.5. The van der Waals surface area contributed by atoms with Gasteiger partial charge in [0.05, 0.1) is 10.9 Å². The minimum absolute atomic E-state index is 0.0854. The SMILES string of the molecule is C=CC1CN(S(=O)(=O)C(C)(C)C)CC1C(O)c1ccc(Cl)cc1. The quantitative estimate of drug-likeness (QED) is 0.841. The largest absolute Gasteiger partial charge is 0.388 e. The van der Waals surface area contributed by atoms with Crippen LogP contribution in [0.2, 0.25) is 5.02 Å². The van der Waals surface area contributed by atoms with Gasteiger partial charge in [-0.25, -0.2) is 12.7 Å². The molecule has 0 spiro atoms. The third-order valence-electron chi connectivity index (χ3n) is 4.41. The van der Waals surface area contributed by atoms with Crippen LogP contribution >= 0.6 is 11.6 Å². The Labute approximate surface area is 143 Å². The molecule has 0 bridgehead atoms. The molecular formula is C17H24ClNO3S. The Morgan fingerprint density at radius 1 is 1.30 bits per heavy atom. The van der Waals surface area contributed by atoms with Crippen molar-refractivity contribution in [2.45, 2.75) is 31.6 Å². The molecule has 6 heteroatoms. The first-order valence-corrected chi connectivity index (χ1v) is 9.45. The molecule has 2 rings (SSSR count). The van der Waals surface area contributed by atoms with E-state index in [-0.39, 0.29) is 11.8 Å². The van der Waals surface area contributed by atoms with Crippen LogP contribution in [-0.4, -0.2) is 35.7 Å². The Hall–Kier alpha value is -0.880. The molecular weight excluding hydrogens is 334 g/mol. The predicted octanol–water partition coefficient (Wildman–Crippen LogP) is 3.24. The summed E-state index contributed by atoms with van der Waals surface area (Å²) in [5.41, 5.74) is 0.737. The fraction of sp³-hybridized carbons (Fsp3) is 0.529. The summed E-state index contributed by atoms with van der Waals surface area (Å²) in [6.07, 6.45) is 0.984. The molecule has 1 fully saturated rings. The van der Waals surface area contributed by atoms with Crippen molar-refractivity contribution in [2.75, 3.05) is 13.1 Å². The van der Waals surface area contributed by atoms with E-state index in [0.29, 0.717) is 18.1 Å². The highest BCUT2D eigenvalue weighted by Gasteiger charge is 2.44. The van der Waals surface area contributed by atoms with E-state index in [4.69, 9.17) is 11.6 Å². The van der Waals surface area contributed by atoms with Crippen molar-refractivity contribution in [1.82, 2.24) is 4.31 Å². The average molecular weight is 358 g/mol. The fourth-order valence-electron chi connectivity index (χ4n) is 2.89. The lowest BCUT2D eigenvalue weighted by molar-refractivity contribution is 0.102. The summed E-state index contributed by atoms with van der Waals surface area (Å²) in [5.74, 6) is -0.302. The van der Waals surface area contributed by atoms with Crippen LogP contribution in [0.1, 0.15) is 32.4 Å². The van der Waals surface area contributed by atoms with Gasteiger partial charge in [-0.05, 0) is 44.4 Å². The third-order valence-corrected chi connectivity index (χ3v) is 7.19. The number of hydrogen-bond acceptors (Lipinski definition) is 3. The molecule has 1 aliphatic rings. The van der Waals surface area contributed by atoms with Crippen LogP contribution in [0.15, 0.2) is 36.9 Å². The smallest absolute Gasteiger partial charge is 0.219 e. The molecule has 3 atom stereocenters. The molecule has 128 valence electrons. The summed E-state index contributed by atoms with van der Waals surface area (Å²) >= 11 is 5.88.